The summed E-state index contributed by atoms with van der Waals surface area (Å²) in [5.74, 6) is -1.37. The number of benzene rings is 3. The minimum atomic E-state index is -4.17. The largest absolute Gasteiger partial charge is 0.507 e. The summed E-state index contributed by atoms with van der Waals surface area (Å²) in [6.45, 7) is -0.0458. The van der Waals surface area contributed by atoms with Gasteiger partial charge in [0.15, 0.2) is 0 Å². The molecule has 7 nitrogen and oxygen atoms in total. The molecule has 0 unspecified atom stereocenters. The molecule has 170 valence electrons. The number of halogens is 2. The van der Waals surface area contributed by atoms with Crippen molar-refractivity contribution in [1.82, 2.24) is 14.1 Å². The molecular weight excluding hydrogens is 469 g/mol. The number of para-hydroxylation sites is 1. The standard InChI is InChI=1S/C23H19ClFN3O4S/c1-27(14-15-6-8-16(25)9-7-15)33(31,32)23-12-17(21(29)13-22(23)30)19-10-11-26-28(19)20-5-3-2-4-18(20)24/h2-13,29-30H,14H2,1H3. The number of rotatable bonds is 6. The number of aromatic nitrogens is 2. The van der Waals surface area contributed by atoms with Gasteiger partial charge in [-0.1, -0.05) is 35.9 Å². The number of aromatic hydroxyl groups is 2. The molecule has 4 aromatic rings. The zero-order valence-corrected chi connectivity index (χ0v) is 18.9. The summed E-state index contributed by atoms with van der Waals surface area (Å²) < 4.78 is 42.1. The number of nitrogens with zero attached hydrogens (tertiary/aromatic N) is 3. The molecule has 0 amide bonds. The molecular formula is C23H19ClFN3O4S. The molecule has 0 spiro atoms. The fraction of sp³-hybridized carbons (Fsp3) is 0.0870. The monoisotopic (exact) mass is 487 g/mol. The van der Waals surface area contributed by atoms with Crippen molar-refractivity contribution < 1.29 is 23.0 Å². The van der Waals surface area contributed by atoms with E-state index in [2.05, 4.69) is 5.10 Å². The molecule has 0 aliphatic heterocycles. The van der Waals surface area contributed by atoms with Crippen LogP contribution in [0.3, 0.4) is 0 Å². The van der Waals surface area contributed by atoms with Crippen LogP contribution in [0.5, 0.6) is 11.5 Å². The van der Waals surface area contributed by atoms with Crippen molar-refractivity contribution in [2.75, 3.05) is 7.05 Å². The van der Waals surface area contributed by atoms with Gasteiger partial charge in [-0.05, 0) is 42.0 Å². The topological polar surface area (TPSA) is 95.7 Å². The van der Waals surface area contributed by atoms with E-state index in [1.807, 2.05) is 0 Å². The van der Waals surface area contributed by atoms with Crippen LogP contribution < -0.4 is 0 Å². The normalized spacial score (nSPS) is 11.8. The zero-order valence-electron chi connectivity index (χ0n) is 17.4. The number of phenols is 2. The van der Waals surface area contributed by atoms with Crippen LogP contribution in [0.15, 0.2) is 77.8 Å². The van der Waals surface area contributed by atoms with Gasteiger partial charge in [0.25, 0.3) is 0 Å². The lowest BCUT2D eigenvalue weighted by molar-refractivity contribution is 0.430. The Bertz CT molecular complexity index is 1420. The van der Waals surface area contributed by atoms with Gasteiger partial charge in [0.1, 0.15) is 22.2 Å². The predicted molar refractivity (Wildman–Crippen MR) is 122 cm³/mol. The Balaban J connectivity index is 1.77. The highest BCUT2D eigenvalue weighted by Gasteiger charge is 2.27. The fourth-order valence-electron chi connectivity index (χ4n) is 3.39. The van der Waals surface area contributed by atoms with Crippen LogP contribution in [-0.4, -0.2) is 39.8 Å². The van der Waals surface area contributed by atoms with E-state index in [-0.39, 0.29) is 17.9 Å². The quantitative estimate of drug-likeness (QED) is 0.415. The summed E-state index contributed by atoms with van der Waals surface area (Å²) in [5.41, 5.74) is 1.61. The third-order valence-corrected chi connectivity index (χ3v) is 7.24. The molecule has 0 aliphatic carbocycles. The molecule has 0 aliphatic rings. The molecule has 4 rings (SSSR count). The lowest BCUT2D eigenvalue weighted by atomic mass is 10.1. The molecule has 0 saturated heterocycles. The molecule has 0 radical (unpaired) electrons. The molecule has 0 saturated carbocycles. The van der Waals surface area contributed by atoms with Crippen molar-refractivity contribution in [2.24, 2.45) is 0 Å². The van der Waals surface area contributed by atoms with Gasteiger partial charge in [-0.3, -0.25) is 0 Å². The molecule has 1 aromatic heterocycles. The lowest BCUT2D eigenvalue weighted by Crippen LogP contribution is -2.26. The zero-order chi connectivity index (χ0) is 23.8. The average molecular weight is 488 g/mol. The lowest BCUT2D eigenvalue weighted by Gasteiger charge is -2.19. The van der Waals surface area contributed by atoms with E-state index in [1.165, 1.54) is 48.3 Å². The van der Waals surface area contributed by atoms with Gasteiger partial charge in [-0.25, -0.2) is 17.5 Å². The van der Waals surface area contributed by atoms with Crippen molar-refractivity contribution in [3.63, 3.8) is 0 Å². The van der Waals surface area contributed by atoms with Crippen molar-refractivity contribution >= 4 is 21.6 Å². The molecule has 1 heterocycles. The van der Waals surface area contributed by atoms with E-state index < -0.39 is 26.5 Å². The minimum Gasteiger partial charge on any atom is -0.507 e. The molecule has 33 heavy (non-hydrogen) atoms. The van der Waals surface area contributed by atoms with Crippen LogP contribution in [0.25, 0.3) is 16.9 Å². The third kappa shape index (κ3) is 4.43. The Labute approximate surface area is 195 Å². The van der Waals surface area contributed by atoms with Crippen LogP contribution in [0, 0.1) is 5.82 Å². The first-order valence-corrected chi connectivity index (χ1v) is 11.6. The second kappa shape index (κ2) is 8.86. The van der Waals surface area contributed by atoms with Gasteiger partial charge >= 0.3 is 0 Å². The van der Waals surface area contributed by atoms with E-state index >= 15 is 0 Å². The highest BCUT2D eigenvalue weighted by Crippen LogP contribution is 2.39. The Kier molecular flexibility index (Phi) is 6.11. The van der Waals surface area contributed by atoms with E-state index in [9.17, 15) is 23.0 Å². The molecule has 0 bridgehead atoms. The maximum absolute atomic E-state index is 13.2. The van der Waals surface area contributed by atoms with Gasteiger partial charge in [0, 0.05) is 25.2 Å². The van der Waals surface area contributed by atoms with Crippen LogP contribution in [0.2, 0.25) is 5.02 Å². The minimum absolute atomic E-state index is 0.0458. The Morgan fingerprint density at radius 1 is 1.03 bits per heavy atom. The van der Waals surface area contributed by atoms with Crippen molar-refractivity contribution in [3.8, 4) is 28.4 Å². The predicted octanol–water partition coefficient (Wildman–Crippen LogP) is 4.56. The van der Waals surface area contributed by atoms with Gasteiger partial charge < -0.3 is 10.2 Å². The molecule has 2 N–H and O–H groups in total. The number of sulfonamides is 1. The first-order valence-electron chi connectivity index (χ1n) is 9.74. The van der Waals surface area contributed by atoms with Crippen molar-refractivity contribution in [2.45, 2.75) is 11.4 Å². The Hall–Kier alpha value is -3.40. The second-order valence-corrected chi connectivity index (χ2v) is 9.72. The molecule has 3 aromatic carbocycles. The maximum atomic E-state index is 13.2. The first kappa shape index (κ1) is 22.8. The van der Waals surface area contributed by atoms with Gasteiger partial charge in [0.2, 0.25) is 10.0 Å². The summed E-state index contributed by atoms with van der Waals surface area (Å²) in [5, 5.41) is 25.5. The SMILES string of the molecule is CN(Cc1ccc(F)cc1)S(=O)(=O)c1cc(-c2ccnn2-c2ccccc2Cl)c(O)cc1O. The molecule has 0 fully saturated rings. The number of hydrogen-bond acceptors (Lipinski definition) is 5. The van der Waals surface area contributed by atoms with Crippen LogP contribution >= 0.6 is 11.6 Å². The van der Waals surface area contributed by atoms with Gasteiger partial charge in [-0.2, -0.15) is 9.40 Å². The first-order chi connectivity index (χ1) is 15.7. The van der Waals surface area contributed by atoms with Gasteiger partial charge in [-0.15, -0.1) is 0 Å². The summed E-state index contributed by atoms with van der Waals surface area (Å²) in [6.07, 6.45) is 1.49. The van der Waals surface area contributed by atoms with Crippen LogP contribution in [0.4, 0.5) is 4.39 Å². The van der Waals surface area contributed by atoms with E-state index in [4.69, 9.17) is 11.6 Å². The fourth-order valence-corrected chi connectivity index (χ4v) is 4.85. The third-order valence-electron chi connectivity index (χ3n) is 5.08. The van der Waals surface area contributed by atoms with Crippen molar-refractivity contribution in [3.05, 3.63) is 89.3 Å². The van der Waals surface area contributed by atoms with Gasteiger partial charge in [0.05, 0.1) is 22.6 Å². The van der Waals surface area contributed by atoms with Crippen LogP contribution in [-0.2, 0) is 16.6 Å². The highest BCUT2D eigenvalue weighted by atomic mass is 35.5. The van der Waals surface area contributed by atoms with E-state index in [0.717, 1.165) is 10.4 Å². The van der Waals surface area contributed by atoms with E-state index in [0.29, 0.717) is 22.0 Å². The second-order valence-electron chi connectivity index (χ2n) is 7.30. The number of hydrogen-bond donors (Lipinski definition) is 2. The highest BCUT2D eigenvalue weighted by molar-refractivity contribution is 7.89. The van der Waals surface area contributed by atoms with E-state index in [1.54, 1.807) is 30.3 Å². The Morgan fingerprint density at radius 2 is 1.73 bits per heavy atom. The Morgan fingerprint density at radius 3 is 2.42 bits per heavy atom. The summed E-state index contributed by atoms with van der Waals surface area (Å²) >= 11 is 6.28. The molecule has 10 heteroatoms. The van der Waals surface area contributed by atoms with Crippen molar-refractivity contribution in [1.29, 1.82) is 0 Å². The summed E-state index contributed by atoms with van der Waals surface area (Å²) in [4.78, 5) is -0.396. The molecule has 0 atom stereocenters. The number of phenolic OH excluding ortho intramolecular Hbond substituents is 2. The summed E-state index contributed by atoms with van der Waals surface area (Å²) in [6, 6.07) is 16.1. The smallest absolute Gasteiger partial charge is 0.246 e. The van der Waals surface area contributed by atoms with Crippen LogP contribution in [0.1, 0.15) is 5.56 Å². The average Bonchev–Trinajstić information content (AvgIpc) is 3.24. The summed E-state index contributed by atoms with van der Waals surface area (Å²) in [7, 11) is -2.83. The maximum Gasteiger partial charge on any atom is 0.246 e.